The first-order valence-corrected chi connectivity index (χ1v) is 7.88. The summed E-state index contributed by atoms with van der Waals surface area (Å²) in [5.41, 5.74) is -1.10. The summed E-state index contributed by atoms with van der Waals surface area (Å²) < 4.78 is 0. The van der Waals surface area contributed by atoms with E-state index in [0.717, 1.165) is 38.5 Å². The molecule has 20 heavy (non-hydrogen) atoms. The predicted molar refractivity (Wildman–Crippen MR) is 78.9 cm³/mol. The Morgan fingerprint density at radius 2 is 1.80 bits per heavy atom. The topological polar surface area (TPSA) is 73.1 Å². The van der Waals surface area contributed by atoms with Gasteiger partial charge in [-0.3, -0.25) is 4.79 Å². The molecule has 0 radical (unpaired) electrons. The number of hydrogen-bond acceptors (Lipinski definition) is 3. The highest BCUT2D eigenvalue weighted by atomic mass is 16.3. The molecule has 1 amide bonds. The maximum absolute atomic E-state index is 12.5. The van der Waals surface area contributed by atoms with Crippen molar-refractivity contribution in [2.75, 3.05) is 13.2 Å². The van der Waals surface area contributed by atoms with Crippen molar-refractivity contribution in [2.45, 2.75) is 65.2 Å². The van der Waals surface area contributed by atoms with E-state index < -0.39 is 5.41 Å². The van der Waals surface area contributed by atoms with Crippen LogP contribution in [0.3, 0.4) is 0 Å². The summed E-state index contributed by atoms with van der Waals surface area (Å²) in [7, 11) is 0. The molecule has 0 aromatic carbocycles. The highest BCUT2D eigenvalue weighted by Crippen LogP contribution is 2.35. The minimum Gasteiger partial charge on any atom is -0.396 e. The maximum Gasteiger partial charge on any atom is 0.240 e. The van der Waals surface area contributed by atoms with Gasteiger partial charge in [-0.1, -0.05) is 39.5 Å². The third-order valence-electron chi connectivity index (χ3n) is 5.07. The number of amides is 1. The van der Waals surface area contributed by atoms with Gasteiger partial charge in [0.2, 0.25) is 5.91 Å². The minimum atomic E-state index is -0.848. The van der Waals surface area contributed by atoms with Gasteiger partial charge in [-0.2, -0.15) is 5.26 Å². The Morgan fingerprint density at radius 3 is 2.20 bits per heavy atom. The van der Waals surface area contributed by atoms with E-state index in [-0.39, 0.29) is 17.9 Å². The molecule has 0 atom stereocenters. The molecule has 0 aromatic heterocycles. The average Bonchev–Trinajstić information content (AvgIpc) is 2.75. The van der Waals surface area contributed by atoms with Crippen molar-refractivity contribution in [3.05, 3.63) is 0 Å². The summed E-state index contributed by atoms with van der Waals surface area (Å²) in [5.74, 6) is -0.137. The van der Waals surface area contributed by atoms with Crippen molar-refractivity contribution < 1.29 is 9.90 Å². The molecule has 0 saturated heterocycles. The molecule has 1 aliphatic rings. The van der Waals surface area contributed by atoms with Crippen molar-refractivity contribution in [1.29, 1.82) is 5.26 Å². The predicted octanol–water partition coefficient (Wildman–Crippen LogP) is 2.77. The lowest BCUT2D eigenvalue weighted by Crippen LogP contribution is -2.46. The van der Waals surface area contributed by atoms with E-state index in [2.05, 4.69) is 11.4 Å². The van der Waals surface area contributed by atoms with Gasteiger partial charge in [0, 0.05) is 12.0 Å². The van der Waals surface area contributed by atoms with E-state index in [1.54, 1.807) is 0 Å². The zero-order chi connectivity index (χ0) is 15.1. The summed E-state index contributed by atoms with van der Waals surface area (Å²) in [4.78, 5) is 12.5. The number of carbonyl (C=O) groups is 1. The SMILES string of the molecule is CCC(CC)(CO)CNC(=O)C1(C#N)CCCCCC1. The Balaban J connectivity index is 2.70. The third kappa shape index (κ3) is 3.73. The molecule has 0 aliphatic heterocycles. The van der Waals surface area contributed by atoms with Crippen LogP contribution in [0.1, 0.15) is 65.2 Å². The molecule has 0 bridgehead atoms. The molecule has 1 aliphatic carbocycles. The smallest absolute Gasteiger partial charge is 0.240 e. The van der Waals surface area contributed by atoms with Crippen LogP contribution in [0.25, 0.3) is 0 Å². The minimum absolute atomic E-state index is 0.0693. The van der Waals surface area contributed by atoms with E-state index in [9.17, 15) is 15.2 Å². The molecular formula is C16H28N2O2. The van der Waals surface area contributed by atoms with Crippen LogP contribution in [0.5, 0.6) is 0 Å². The standard InChI is InChI=1S/C16H28N2O2/c1-3-15(4-2,13-19)12-18-14(20)16(11-17)9-7-5-6-8-10-16/h19H,3-10,12-13H2,1-2H3,(H,18,20). The van der Waals surface area contributed by atoms with Gasteiger partial charge >= 0.3 is 0 Å². The Bertz CT molecular complexity index is 340. The number of nitrogens with zero attached hydrogens (tertiary/aromatic N) is 1. The fourth-order valence-electron chi connectivity index (χ4n) is 2.94. The normalized spacial score (nSPS) is 18.9. The first-order chi connectivity index (χ1) is 9.58. The fourth-order valence-corrected chi connectivity index (χ4v) is 2.94. The van der Waals surface area contributed by atoms with Gasteiger partial charge in [-0.15, -0.1) is 0 Å². The zero-order valence-corrected chi connectivity index (χ0v) is 12.9. The summed E-state index contributed by atoms with van der Waals surface area (Å²) in [6.07, 6.45) is 7.10. The second-order valence-corrected chi connectivity index (χ2v) is 6.16. The van der Waals surface area contributed by atoms with Gasteiger partial charge in [0.25, 0.3) is 0 Å². The number of aliphatic hydroxyl groups is 1. The Morgan fingerprint density at radius 1 is 1.25 bits per heavy atom. The number of carbonyl (C=O) groups excluding carboxylic acids is 1. The lowest BCUT2D eigenvalue weighted by Gasteiger charge is -2.32. The van der Waals surface area contributed by atoms with E-state index >= 15 is 0 Å². The van der Waals surface area contributed by atoms with Crippen LogP contribution in [0.15, 0.2) is 0 Å². The number of nitriles is 1. The van der Waals surface area contributed by atoms with Gasteiger partial charge in [-0.25, -0.2) is 0 Å². The van der Waals surface area contributed by atoms with Gasteiger partial charge in [0.1, 0.15) is 5.41 Å². The maximum atomic E-state index is 12.5. The summed E-state index contributed by atoms with van der Waals surface area (Å²) >= 11 is 0. The number of hydrogen-bond donors (Lipinski definition) is 2. The number of nitrogens with one attached hydrogen (secondary N) is 1. The van der Waals surface area contributed by atoms with Crippen LogP contribution < -0.4 is 5.32 Å². The largest absolute Gasteiger partial charge is 0.396 e. The highest BCUT2D eigenvalue weighted by Gasteiger charge is 2.39. The lowest BCUT2D eigenvalue weighted by atomic mass is 9.79. The quantitative estimate of drug-likeness (QED) is 0.735. The average molecular weight is 280 g/mol. The van der Waals surface area contributed by atoms with Crippen molar-refractivity contribution >= 4 is 5.91 Å². The number of aliphatic hydroxyl groups excluding tert-OH is 1. The molecule has 2 N–H and O–H groups in total. The Kier molecular flexibility index (Phi) is 6.48. The molecule has 0 heterocycles. The molecule has 4 nitrogen and oxygen atoms in total. The zero-order valence-electron chi connectivity index (χ0n) is 12.9. The van der Waals surface area contributed by atoms with E-state index in [0.29, 0.717) is 19.4 Å². The second-order valence-electron chi connectivity index (χ2n) is 6.16. The monoisotopic (exact) mass is 280 g/mol. The Hall–Kier alpha value is -1.08. The van der Waals surface area contributed by atoms with Crippen LogP contribution in [0.2, 0.25) is 0 Å². The van der Waals surface area contributed by atoms with E-state index in [4.69, 9.17) is 0 Å². The molecule has 0 unspecified atom stereocenters. The van der Waals surface area contributed by atoms with Crippen LogP contribution in [-0.2, 0) is 4.79 Å². The lowest BCUT2D eigenvalue weighted by molar-refractivity contribution is -0.129. The Labute approximate surface area is 122 Å². The number of rotatable bonds is 6. The van der Waals surface area contributed by atoms with Crippen LogP contribution in [0.4, 0.5) is 0 Å². The van der Waals surface area contributed by atoms with Crippen LogP contribution >= 0.6 is 0 Å². The highest BCUT2D eigenvalue weighted by molar-refractivity contribution is 5.85. The molecule has 114 valence electrons. The van der Waals surface area contributed by atoms with Gasteiger partial charge in [0.05, 0.1) is 12.7 Å². The van der Waals surface area contributed by atoms with Crippen molar-refractivity contribution in [3.8, 4) is 6.07 Å². The summed E-state index contributed by atoms with van der Waals surface area (Å²) in [6, 6.07) is 2.27. The molecular weight excluding hydrogens is 252 g/mol. The van der Waals surface area contributed by atoms with Gasteiger partial charge in [0.15, 0.2) is 0 Å². The molecule has 0 aromatic rings. The van der Waals surface area contributed by atoms with Gasteiger partial charge in [-0.05, 0) is 25.7 Å². The van der Waals surface area contributed by atoms with Crippen molar-refractivity contribution in [2.24, 2.45) is 10.8 Å². The van der Waals surface area contributed by atoms with E-state index in [1.807, 2.05) is 13.8 Å². The fraction of sp³-hybridized carbons (Fsp3) is 0.875. The first-order valence-electron chi connectivity index (χ1n) is 7.88. The first kappa shape index (κ1) is 17.0. The molecule has 0 spiro atoms. The van der Waals surface area contributed by atoms with Crippen molar-refractivity contribution in [1.82, 2.24) is 5.32 Å². The van der Waals surface area contributed by atoms with Crippen LogP contribution in [0, 0.1) is 22.2 Å². The molecule has 1 fully saturated rings. The second kappa shape index (κ2) is 7.64. The molecule has 1 rings (SSSR count). The summed E-state index contributed by atoms with van der Waals surface area (Å²) in [5, 5.41) is 22.0. The summed E-state index contributed by atoms with van der Waals surface area (Å²) in [6.45, 7) is 4.58. The van der Waals surface area contributed by atoms with Crippen LogP contribution in [-0.4, -0.2) is 24.2 Å². The third-order valence-corrected chi connectivity index (χ3v) is 5.07. The van der Waals surface area contributed by atoms with Crippen molar-refractivity contribution in [3.63, 3.8) is 0 Å². The molecule has 4 heteroatoms. The van der Waals surface area contributed by atoms with E-state index in [1.165, 1.54) is 0 Å². The molecule has 1 saturated carbocycles. The van der Waals surface area contributed by atoms with Gasteiger partial charge < -0.3 is 10.4 Å².